The molecule has 0 aliphatic heterocycles. The van der Waals surface area contributed by atoms with E-state index < -0.39 is 18.0 Å². The number of carboxylic acids is 1. The Morgan fingerprint density at radius 1 is 1.28 bits per heavy atom. The van der Waals surface area contributed by atoms with Gasteiger partial charge in [0.05, 0.1) is 6.61 Å². The molecule has 0 radical (unpaired) electrons. The number of carboxylic acid groups (broad SMARTS) is 1. The van der Waals surface area contributed by atoms with E-state index in [0.717, 1.165) is 0 Å². The van der Waals surface area contributed by atoms with Gasteiger partial charge in [-0.1, -0.05) is 6.92 Å². The minimum atomic E-state index is -0.853. The number of rotatable bonds is 8. The molecule has 0 aromatic heterocycles. The van der Waals surface area contributed by atoms with E-state index in [9.17, 15) is 14.4 Å². The second-order valence-corrected chi connectivity index (χ2v) is 3.91. The number of esters is 1. The normalized spacial score (nSPS) is 11.4. The predicted octanol–water partition coefficient (Wildman–Crippen LogP) is 0.350. The smallest absolute Gasteiger partial charge is 0.325 e. The highest BCUT2D eigenvalue weighted by molar-refractivity contribution is 5.80. The van der Waals surface area contributed by atoms with Gasteiger partial charge in [-0.15, -0.1) is 0 Å². The van der Waals surface area contributed by atoms with Crippen LogP contribution >= 0.6 is 0 Å². The Balaban J connectivity index is 3.63. The first-order chi connectivity index (χ1) is 8.45. The standard InChI is InChI=1S/C11H20N2O5/c1-3-18-10(16)7-13-11(17)12-6-8(2)4-5-9(14)15/h8H,3-7H2,1-2H3,(H,14,15)(H2,12,13,17). The first-order valence-electron chi connectivity index (χ1n) is 5.84. The summed E-state index contributed by atoms with van der Waals surface area (Å²) < 4.78 is 4.64. The van der Waals surface area contributed by atoms with Crippen LogP contribution in [0, 0.1) is 5.92 Å². The zero-order chi connectivity index (χ0) is 14.0. The topological polar surface area (TPSA) is 105 Å². The number of carbonyl (C=O) groups excluding carboxylic acids is 2. The lowest BCUT2D eigenvalue weighted by Crippen LogP contribution is -2.40. The van der Waals surface area contributed by atoms with Crippen molar-refractivity contribution < 1.29 is 24.2 Å². The van der Waals surface area contributed by atoms with Gasteiger partial charge in [0.2, 0.25) is 0 Å². The maximum Gasteiger partial charge on any atom is 0.325 e. The molecule has 0 aliphatic carbocycles. The molecule has 0 aromatic rings. The van der Waals surface area contributed by atoms with E-state index in [1.54, 1.807) is 6.92 Å². The van der Waals surface area contributed by atoms with Gasteiger partial charge in [-0.25, -0.2) is 4.79 Å². The fourth-order valence-electron chi connectivity index (χ4n) is 1.17. The SMILES string of the molecule is CCOC(=O)CNC(=O)NCC(C)CCC(=O)O. The highest BCUT2D eigenvalue weighted by Gasteiger charge is 2.08. The van der Waals surface area contributed by atoms with Crippen molar-refractivity contribution in [1.82, 2.24) is 10.6 Å². The molecule has 0 heterocycles. The highest BCUT2D eigenvalue weighted by atomic mass is 16.5. The summed E-state index contributed by atoms with van der Waals surface area (Å²) in [4.78, 5) is 32.5. The van der Waals surface area contributed by atoms with Gasteiger partial charge in [-0.2, -0.15) is 0 Å². The fraction of sp³-hybridized carbons (Fsp3) is 0.727. The maximum absolute atomic E-state index is 11.2. The predicted molar refractivity (Wildman–Crippen MR) is 64.1 cm³/mol. The molecule has 7 heteroatoms. The Bertz CT molecular complexity index is 293. The number of aliphatic carboxylic acids is 1. The molecule has 0 bridgehead atoms. The minimum Gasteiger partial charge on any atom is -0.481 e. The molecule has 7 nitrogen and oxygen atoms in total. The molecule has 2 amide bonds. The summed E-state index contributed by atoms with van der Waals surface area (Å²) in [6, 6.07) is -0.467. The lowest BCUT2D eigenvalue weighted by molar-refractivity contribution is -0.142. The van der Waals surface area contributed by atoms with Crippen LogP contribution in [0.2, 0.25) is 0 Å². The molecule has 18 heavy (non-hydrogen) atoms. The van der Waals surface area contributed by atoms with E-state index in [0.29, 0.717) is 13.0 Å². The lowest BCUT2D eigenvalue weighted by Gasteiger charge is -2.12. The van der Waals surface area contributed by atoms with Crippen molar-refractivity contribution >= 4 is 18.0 Å². The van der Waals surface area contributed by atoms with Crippen LogP contribution in [0.3, 0.4) is 0 Å². The van der Waals surface area contributed by atoms with Crippen molar-refractivity contribution in [2.75, 3.05) is 19.7 Å². The highest BCUT2D eigenvalue weighted by Crippen LogP contribution is 2.03. The van der Waals surface area contributed by atoms with Crippen molar-refractivity contribution in [2.24, 2.45) is 5.92 Å². The molecule has 0 fully saturated rings. The summed E-state index contributed by atoms with van der Waals surface area (Å²) in [6.07, 6.45) is 0.570. The van der Waals surface area contributed by atoms with E-state index in [1.807, 2.05) is 6.92 Å². The molecular weight excluding hydrogens is 240 g/mol. The summed E-state index contributed by atoms with van der Waals surface area (Å²) in [5.74, 6) is -1.28. The molecule has 1 unspecified atom stereocenters. The monoisotopic (exact) mass is 260 g/mol. The van der Waals surface area contributed by atoms with Gasteiger partial charge in [0, 0.05) is 13.0 Å². The van der Waals surface area contributed by atoms with Gasteiger partial charge < -0.3 is 20.5 Å². The summed E-state index contributed by atoms with van der Waals surface area (Å²) in [5.41, 5.74) is 0. The van der Waals surface area contributed by atoms with Gasteiger partial charge in [-0.3, -0.25) is 9.59 Å². The average molecular weight is 260 g/mol. The first kappa shape index (κ1) is 16.2. The van der Waals surface area contributed by atoms with Crippen molar-refractivity contribution in [3.8, 4) is 0 Å². The molecule has 3 N–H and O–H groups in total. The summed E-state index contributed by atoms with van der Waals surface area (Å²) >= 11 is 0. The number of ether oxygens (including phenoxy) is 1. The molecule has 0 saturated heterocycles. The van der Waals surface area contributed by atoms with E-state index >= 15 is 0 Å². The van der Waals surface area contributed by atoms with Crippen LogP contribution in [0.25, 0.3) is 0 Å². The number of nitrogens with one attached hydrogen (secondary N) is 2. The molecule has 0 aliphatic rings. The number of urea groups is 1. The molecule has 0 spiro atoms. The minimum absolute atomic E-state index is 0.0643. The molecule has 0 aromatic carbocycles. The lowest BCUT2D eigenvalue weighted by atomic mass is 10.1. The van der Waals surface area contributed by atoms with Crippen LogP contribution in [-0.2, 0) is 14.3 Å². The summed E-state index contributed by atoms with van der Waals surface area (Å²) in [7, 11) is 0. The third-order valence-electron chi connectivity index (χ3n) is 2.16. The Kier molecular flexibility index (Phi) is 8.34. The fourth-order valence-corrected chi connectivity index (χ4v) is 1.17. The molecule has 0 rings (SSSR count). The van der Waals surface area contributed by atoms with Crippen LogP contribution in [0.4, 0.5) is 4.79 Å². The Morgan fingerprint density at radius 2 is 1.94 bits per heavy atom. The van der Waals surface area contributed by atoms with Gasteiger partial charge in [0.1, 0.15) is 6.54 Å². The number of hydrogen-bond acceptors (Lipinski definition) is 4. The number of carbonyl (C=O) groups is 3. The van der Waals surface area contributed by atoms with Gasteiger partial charge in [0.15, 0.2) is 0 Å². The molecule has 104 valence electrons. The van der Waals surface area contributed by atoms with Gasteiger partial charge in [-0.05, 0) is 19.3 Å². The van der Waals surface area contributed by atoms with Gasteiger partial charge in [0.25, 0.3) is 0 Å². The average Bonchev–Trinajstić information content (AvgIpc) is 2.31. The van der Waals surface area contributed by atoms with Crippen molar-refractivity contribution in [2.45, 2.75) is 26.7 Å². The van der Waals surface area contributed by atoms with Crippen molar-refractivity contribution in [3.63, 3.8) is 0 Å². The van der Waals surface area contributed by atoms with Crippen LogP contribution < -0.4 is 10.6 Å². The first-order valence-corrected chi connectivity index (χ1v) is 5.84. The summed E-state index contributed by atoms with van der Waals surface area (Å²) in [6.45, 7) is 3.98. The van der Waals surface area contributed by atoms with E-state index in [1.165, 1.54) is 0 Å². The van der Waals surface area contributed by atoms with E-state index in [4.69, 9.17) is 5.11 Å². The third kappa shape index (κ3) is 9.44. The zero-order valence-corrected chi connectivity index (χ0v) is 10.7. The van der Waals surface area contributed by atoms with Crippen LogP contribution in [0.5, 0.6) is 0 Å². The van der Waals surface area contributed by atoms with Crippen molar-refractivity contribution in [3.05, 3.63) is 0 Å². The molecular formula is C11H20N2O5. The van der Waals surface area contributed by atoms with E-state index in [-0.39, 0.29) is 25.5 Å². The summed E-state index contributed by atoms with van der Waals surface area (Å²) in [5, 5.41) is 13.4. The second kappa shape index (κ2) is 9.26. The molecule has 1 atom stereocenters. The quantitative estimate of drug-likeness (QED) is 0.546. The second-order valence-electron chi connectivity index (χ2n) is 3.91. The zero-order valence-electron chi connectivity index (χ0n) is 10.7. The number of hydrogen-bond donors (Lipinski definition) is 3. The van der Waals surface area contributed by atoms with Crippen LogP contribution in [0.1, 0.15) is 26.7 Å². The Labute approximate surface area is 106 Å². The largest absolute Gasteiger partial charge is 0.481 e. The van der Waals surface area contributed by atoms with Crippen LogP contribution in [-0.4, -0.2) is 42.8 Å². The van der Waals surface area contributed by atoms with Gasteiger partial charge >= 0.3 is 18.0 Å². The number of amides is 2. The van der Waals surface area contributed by atoms with Crippen LogP contribution in [0.15, 0.2) is 0 Å². The van der Waals surface area contributed by atoms with E-state index in [2.05, 4.69) is 15.4 Å². The Hall–Kier alpha value is -1.79. The maximum atomic E-state index is 11.2. The Morgan fingerprint density at radius 3 is 2.50 bits per heavy atom. The van der Waals surface area contributed by atoms with Crippen molar-refractivity contribution in [1.29, 1.82) is 0 Å². The molecule has 0 saturated carbocycles. The third-order valence-corrected chi connectivity index (χ3v) is 2.16.